The number of carbonyl (C=O) groups is 2. The molecule has 2 rings (SSSR count). The fourth-order valence-corrected chi connectivity index (χ4v) is 2.59. The Morgan fingerprint density at radius 2 is 1.52 bits per heavy atom. The molecule has 7 nitrogen and oxygen atoms in total. The predicted molar refractivity (Wildman–Crippen MR) is 90.5 cm³/mol. The van der Waals surface area contributed by atoms with Crippen molar-refractivity contribution in [1.29, 1.82) is 0 Å². The van der Waals surface area contributed by atoms with Crippen LogP contribution in [0.2, 0.25) is 0 Å². The molecule has 0 bridgehead atoms. The van der Waals surface area contributed by atoms with E-state index in [1.54, 1.807) is 0 Å². The number of hydrogen-bond donors (Lipinski definition) is 4. The van der Waals surface area contributed by atoms with Gasteiger partial charge in [0, 0.05) is 29.1 Å². The lowest BCUT2D eigenvalue weighted by atomic mass is 9.91. The van der Waals surface area contributed by atoms with Crippen LogP contribution in [-0.4, -0.2) is 50.6 Å². The Hall–Kier alpha value is -3.19. The molecule has 2 unspecified atom stereocenters. The van der Waals surface area contributed by atoms with Crippen molar-refractivity contribution < 1.29 is 51.3 Å². The van der Waals surface area contributed by atoms with Gasteiger partial charge in [-0.3, -0.25) is 9.78 Å². The average molecular weight is 452 g/mol. The number of aliphatic hydroxyl groups excluding tert-OH is 1. The molecular weight excluding hydrogens is 438 g/mol. The van der Waals surface area contributed by atoms with Gasteiger partial charge in [-0.1, -0.05) is 18.2 Å². The highest BCUT2D eigenvalue weighted by Gasteiger charge is 2.71. The topological polar surface area (TPSA) is 120 Å². The number of aliphatic carboxylic acids is 1. The van der Waals surface area contributed by atoms with E-state index < -0.39 is 53.1 Å². The van der Waals surface area contributed by atoms with Crippen LogP contribution >= 0.6 is 0 Å². The lowest BCUT2D eigenvalue weighted by Gasteiger charge is -2.32. The normalized spacial score (nSPS) is 14.6. The van der Waals surface area contributed by atoms with Crippen molar-refractivity contribution >= 4 is 11.9 Å². The maximum atomic E-state index is 12.9. The van der Waals surface area contributed by atoms with Gasteiger partial charge in [0.25, 0.3) is 11.5 Å². The smallest absolute Gasteiger partial charge is 0.430 e. The van der Waals surface area contributed by atoms with Crippen molar-refractivity contribution in [3.63, 3.8) is 0 Å². The zero-order chi connectivity index (χ0) is 23.6. The van der Waals surface area contributed by atoms with E-state index >= 15 is 0 Å². The third kappa shape index (κ3) is 4.77. The second-order valence-electron chi connectivity index (χ2n) is 6.30. The SMILES string of the molecule is O=C(NC(C(=O)O)C(O)c1cccnc1)c1ccc(C(O)(C(F)(F)F)C(F)(F)F)cc1. The molecule has 4 N–H and O–H groups in total. The molecule has 31 heavy (non-hydrogen) atoms. The van der Waals surface area contributed by atoms with Gasteiger partial charge in [-0.2, -0.15) is 26.3 Å². The molecule has 1 aromatic carbocycles. The summed E-state index contributed by atoms with van der Waals surface area (Å²) in [5.74, 6) is -2.87. The Morgan fingerprint density at radius 1 is 0.968 bits per heavy atom. The third-order valence-electron chi connectivity index (χ3n) is 4.28. The molecule has 0 fully saturated rings. The highest BCUT2D eigenvalue weighted by molar-refractivity contribution is 5.96. The summed E-state index contributed by atoms with van der Waals surface area (Å²) < 4.78 is 77.5. The van der Waals surface area contributed by atoms with E-state index in [0.717, 1.165) is 6.20 Å². The van der Waals surface area contributed by atoms with Crippen LogP contribution in [-0.2, 0) is 10.4 Å². The second-order valence-corrected chi connectivity index (χ2v) is 6.30. The number of carboxylic acids is 1. The molecule has 0 saturated carbocycles. The van der Waals surface area contributed by atoms with E-state index in [-0.39, 0.29) is 17.7 Å². The third-order valence-corrected chi connectivity index (χ3v) is 4.28. The van der Waals surface area contributed by atoms with Gasteiger partial charge in [-0.25, -0.2) is 4.79 Å². The minimum Gasteiger partial charge on any atom is -0.480 e. The largest absolute Gasteiger partial charge is 0.480 e. The predicted octanol–water partition coefficient (Wildman–Crippen LogP) is 2.31. The van der Waals surface area contributed by atoms with Crippen molar-refractivity contribution in [2.45, 2.75) is 30.1 Å². The van der Waals surface area contributed by atoms with E-state index in [2.05, 4.69) is 4.98 Å². The van der Waals surface area contributed by atoms with E-state index in [1.165, 1.54) is 18.3 Å². The number of benzene rings is 1. The Kier molecular flexibility index (Phi) is 6.61. The first-order valence-electron chi connectivity index (χ1n) is 8.28. The van der Waals surface area contributed by atoms with Crippen molar-refractivity contribution in [3.05, 3.63) is 65.5 Å². The molecule has 0 spiro atoms. The zero-order valence-electron chi connectivity index (χ0n) is 15.1. The summed E-state index contributed by atoms with van der Waals surface area (Å²) in [7, 11) is 0. The first-order chi connectivity index (χ1) is 14.2. The standard InChI is InChI=1S/C18H14F6N2O5/c19-17(20,21)16(31,18(22,23)24)11-5-3-9(4-6-11)14(28)26-12(15(29)30)13(27)10-2-1-7-25-8-10/h1-8,12-13,27,31H,(H,26,28)(H,29,30). The van der Waals surface area contributed by atoms with Gasteiger partial charge in [-0.05, 0) is 18.2 Å². The van der Waals surface area contributed by atoms with Gasteiger partial charge >= 0.3 is 18.3 Å². The van der Waals surface area contributed by atoms with Gasteiger partial charge in [-0.15, -0.1) is 0 Å². The van der Waals surface area contributed by atoms with E-state index in [1.807, 2.05) is 5.32 Å². The molecule has 1 heterocycles. The monoisotopic (exact) mass is 452 g/mol. The number of rotatable bonds is 6. The maximum Gasteiger partial charge on any atom is 0.430 e. The van der Waals surface area contributed by atoms with E-state index in [9.17, 15) is 51.3 Å². The van der Waals surface area contributed by atoms with E-state index in [0.29, 0.717) is 12.1 Å². The summed E-state index contributed by atoms with van der Waals surface area (Å²) in [5.41, 5.74) is -7.24. The Bertz CT molecular complexity index is 917. The summed E-state index contributed by atoms with van der Waals surface area (Å²) in [5, 5.41) is 30.7. The molecule has 0 aliphatic carbocycles. The number of pyridine rings is 1. The number of halogens is 6. The lowest BCUT2D eigenvalue weighted by molar-refractivity contribution is -0.376. The van der Waals surface area contributed by atoms with E-state index in [4.69, 9.17) is 0 Å². The van der Waals surface area contributed by atoms with Crippen LogP contribution in [0.5, 0.6) is 0 Å². The molecular formula is C18H14F6N2O5. The highest BCUT2D eigenvalue weighted by atomic mass is 19.4. The molecule has 168 valence electrons. The van der Waals surface area contributed by atoms with Crippen LogP contribution in [0.15, 0.2) is 48.8 Å². The van der Waals surface area contributed by atoms with Crippen LogP contribution in [0.4, 0.5) is 26.3 Å². The van der Waals surface area contributed by atoms with Crippen molar-refractivity contribution in [2.24, 2.45) is 0 Å². The van der Waals surface area contributed by atoms with Crippen LogP contribution in [0.3, 0.4) is 0 Å². The van der Waals surface area contributed by atoms with Gasteiger partial charge in [0.1, 0.15) is 6.10 Å². The van der Waals surface area contributed by atoms with Crippen LogP contribution < -0.4 is 5.32 Å². The summed E-state index contributed by atoms with van der Waals surface area (Å²) in [4.78, 5) is 27.3. The van der Waals surface area contributed by atoms with Gasteiger partial charge in [0.05, 0.1) is 0 Å². The molecule has 0 aliphatic rings. The number of nitrogens with zero attached hydrogens (tertiary/aromatic N) is 1. The molecule has 0 saturated heterocycles. The summed E-state index contributed by atoms with van der Waals surface area (Å²) >= 11 is 0. The average Bonchev–Trinajstić information content (AvgIpc) is 2.69. The van der Waals surface area contributed by atoms with Crippen LogP contribution in [0, 0.1) is 0 Å². The molecule has 1 amide bonds. The number of aromatic nitrogens is 1. The van der Waals surface area contributed by atoms with Gasteiger partial charge in [0.15, 0.2) is 6.04 Å². The Morgan fingerprint density at radius 3 is 1.94 bits per heavy atom. The lowest BCUT2D eigenvalue weighted by Crippen LogP contribution is -2.53. The second kappa shape index (κ2) is 8.51. The molecule has 13 heteroatoms. The molecule has 1 aromatic heterocycles. The number of aliphatic hydroxyl groups is 2. The minimum absolute atomic E-state index is 0.0333. The number of carbonyl (C=O) groups excluding carboxylic acids is 1. The molecule has 2 aromatic rings. The number of carboxylic acid groups (broad SMARTS) is 1. The summed E-state index contributed by atoms with van der Waals surface area (Å²) in [6.07, 6.45) is -11.5. The van der Waals surface area contributed by atoms with Crippen LogP contribution in [0.25, 0.3) is 0 Å². The van der Waals surface area contributed by atoms with Gasteiger partial charge in [0.2, 0.25) is 0 Å². The highest BCUT2D eigenvalue weighted by Crippen LogP contribution is 2.49. The number of alkyl halides is 6. The van der Waals surface area contributed by atoms with Gasteiger partial charge < -0.3 is 20.6 Å². The molecule has 0 radical (unpaired) electrons. The Labute approximate surface area is 170 Å². The van der Waals surface area contributed by atoms with Crippen LogP contribution in [0.1, 0.15) is 27.6 Å². The first-order valence-corrected chi connectivity index (χ1v) is 8.28. The minimum atomic E-state index is -6.10. The maximum absolute atomic E-state index is 12.9. The summed E-state index contributed by atoms with van der Waals surface area (Å²) in [6, 6.07) is 2.38. The summed E-state index contributed by atoms with van der Waals surface area (Å²) in [6.45, 7) is 0. The molecule has 0 aliphatic heterocycles. The van der Waals surface area contributed by atoms with Crippen molar-refractivity contribution in [2.75, 3.05) is 0 Å². The number of amides is 1. The molecule has 2 atom stereocenters. The fraction of sp³-hybridized carbons (Fsp3) is 0.278. The number of nitrogens with one attached hydrogen (secondary N) is 1. The number of hydrogen-bond acceptors (Lipinski definition) is 5. The van der Waals surface area contributed by atoms with Crippen molar-refractivity contribution in [3.8, 4) is 0 Å². The van der Waals surface area contributed by atoms with Crippen molar-refractivity contribution in [1.82, 2.24) is 10.3 Å². The zero-order valence-corrected chi connectivity index (χ0v) is 15.1. The fourth-order valence-electron chi connectivity index (χ4n) is 2.59. The Balaban J connectivity index is 2.29. The first kappa shape index (κ1) is 24.1. The quantitative estimate of drug-likeness (QED) is 0.500.